The minimum absolute atomic E-state index is 0.0476. The van der Waals surface area contributed by atoms with E-state index in [1.165, 1.54) is 7.11 Å². The standard InChI is InChI=1S/C29H31N5O6/c1-37-25-10-5-9-21(17-25)26-29(28(36)33-38-2,18-22-7-3-4-8-23(22)19-31-34-30)32-27(40-26)20-11-13-24(14-12-20)39-16-6-15-35/h3-5,7-14,17,26,35H,6,15-16,18-19H2,1-2H3,(H,33,36)/t26-,29-/m0/s1. The third kappa shape index (κ3) is 6.35. The third-order valence-electron chi connectivity index (χ3n) is 6.50. The zero-order chi connectivity index (χ0) is 28.4. The summed E-state index contributed by atoms with van der Waals surface area (Å²) in [6.07, 6.45) is -0.189. The van der Waals surface area contributed by atoms with Gasteiger partial charge in [-0.2, -0.15) is 0 Å². The number of amides is 1. The van der Waals surface area contributed by atoms with Gasteiger partial charge in [0.25, 0.3) is 5.91 Å². The molecular formula is C29H31N5O6. The molecule has 0 saturated carbocycles. The predicted octanol–water partition coefficient (Wildman–Crippen LogP) is 4.44. The van der Waals surface area contributed by atoms with E-state index < -0.39 is 17.6 Å². The fourth-order valence-corrected chi connectivity index (χ4v) is 4.55. The van der Waals surface area contributed by atoms with Crippen molar-refractivity contribution in [2.75, 3.05) is 27.4 Å². The van der Waals surface area contributed by atoms with Gasteiger partial charge >= 0.3 is 0 Å². The van der Waals surface area contributed by atoms with Gasteiger partial charge in [-0.3, -0.25) is 9.63 Å². The van der Waals surface area contributed by atoms with Crippen LogP contribution in [0.3, 0.4) is 0 Å². The van der Waals surface area contributed by atoms with Crippen LogP contribution in [0, 0.1) is 0 Å². The summed E-state index contributed by atoms with van der Waals surface area (Å²) >= 11 is 0. The van der Waals surface area contributed by atoms with Crippen LogP contribution < -0.4 is 15.0 Å². The van der Waals surface area contributed by atoms with Crippen molar-refractivity contribution in [3.8, 4) is 11.5 Å². The number of aliphatic hydroxyl groups excluding tert-OH is 1. The molecule has 3 aromatic rings. The molecule has 4 rings (SSSR count). The Hall–Kier alpha value is -4.57. The first-order valence-electron chi connectivity index (χ1n) is 12.7. The van der Waals surface area contributed by atoms with Crippen molar-refractivity contribution in [2.24, 2.45) is 10.1 Å². The smallest absolute Gasteiger partial charge is 0.276 e. The van der Waals surface area contributed by atoms with Gasteiger partial charge in [-0.25, -0.2) is 10.5 Å². The Bertz CT molecular complexity index is 1390. The lowest BCUT2D eigenvalue weighted by atomic mass is 9.81. The predicted molar refractivity (Wildman–Crippen MR) is 148 cm³/mol. The van der Waals surface area contributed by atoms with Crippen molar-refractivity contribution in [1.29, 1.82) is 0 Å². The highest BCUT2D eigenvalue weighted by Crippen LogP contribution is 2.43. The van der Waals surface area contributed by atoms with Gasteiger partial charge in [0.05, 0.1) is 27.4 Å². The van der Waals surface area contributed by atoms with E-state index in [-0.39, 0.29) is 25.5 Å². The number of nitrogens with one attached hydrogen (secondary N) is 1. The van der Waals surface area contributed by atoms with E-state index in [9.17, 15) is 4.79 Å². The SMILES string of the molecule is CONC(=O)[C@@]1(Cc2ccccc2CN=[N+]=[N-])N=C(c2ccc(OCCCO)cc2)O[C@H]1c1cccc(OC)c1. The molecule has 3 aromatic carbocycles. The van der Waals surface area contributed by atoms with Crippen molar-refractivity contribution in [2.45, 2.75) is 31.0 Å². The summed E-state index contributed by atoms with van der Waals surface area (Å²) in [7, 11) is 2.93. The Balaban J connectivity index is 1.82. The topological polar surface area (TPSA) is 147 Å². The summed E-state index contributed by atoms with van der Waals surface area (Å²) in [5.41, 5.74) is 12.8. The molecule has 0 saturated heterocycles. The molecule has 1 amide bonds. The van der Waals surface area contributed by atoms with Crippen LogP contribution in [0.15, 0.2) is 82.9 Å². The normalized spacial score (nSPS) is 17.8. The number of methoxy groups -OCH3 is 1. The molecule has 0 fully saturated rings. The molecule has 11 heteroatoms. The van der Waals surface area contributed by atoms with Crippen molar-refractivity contribution >= 4 is 11.8 Å². The van der Waals surface area contributed by atoms with Gasteiger partial charge in [-0.1, -0.05) is 41.5 Å². The number of nitrogens with zero attached hydrogens (tertiary/aromatic N) is 4. The van der Waals surface area contributed by atoms with Crippen molar-refractivity contribution < 1.29 is 28.9 Å². The van der Waals surface area contributed by atoms with Gasteiger partial charge in [0.1, 0.15) is 11.5 Å². The van der Waals surface area contributed by atoms with E-state index in [0.717, 1.165) is 11.1 Å². The fourth-order valence-electron chi connectivity index (χ4n) is 4.55. The van der Waals surface area contributed by atoms with E-state index >= 15 is 0 Å². The number of rotatable bonds is 13. The molecular weight excluding hydrogens is 514 g/mol. The number of benzene rings is 3. The largest absolute Gasteiger partial charge is 0.497 e. The van der Waals surface area contributed by atoms with Gasteiger partial charge < -0.3 is 19.3 Å². The Kier molecular flexibility index (Phi) is 9.58. The summed E-state index contributed by atoms with van der Waals surface area (Å²) in [6.45, 7) is 0.556. The molecule has 0 radical (unpaired) electrons. The summed E-state index contributed by atoms with van der Waals surface area (Å²) in [4.78, 5) is 26.7. The van der Waals surface area contributed by atoms with Crippen molar-refractivity contribution in [1.82, 2.24) is 5.48 Å². The molecule has 1 heterocycles. The molecule has 1 aliphatic rings. The Labute approximate surface area is 231 Å². The van der Waals surface area contributed by atoms with Gasteiger partial charge in [-0.05, 0) is 58.6 Å². The molecule has 11 nitrogen and oxygen atoms in total. The second-order valence-corrected chi connectivity index (χ2v) is 9.04. The quantitative estimate of drug-likeness (QED) is 0.107. The minimum Gasteiger partial charge on any atom is -0.497 e. The summed E-state index contributed by atoms with van der Waals surface area (Å²) in [6, 6.07) is 21.9. The molecule has 2 N–H and O–H groups in total. The molecule has 0 bridgehead atoms. The van der Waals surface area contributed by atoms with Crippen LogP contribution in [0.2, 0.25) is 0 Å². The van der Waals surface area contributed by atoms with Crippen LogP contribution in [0.25, 0.3) is 10.4 Å². The van der Waals surface area contributed by atoms with Crippen LogP contribution in [0.1, 0.15) is 34.8 Å². The van der Waals surface area contributed by atoms with Crippen LogP contribution in [0.5, 0.6) is 11.5 Å². The van der Waals surface area contributed by atoms with Crippen LogP contribution in [0.4, 0.5) is 0 Å². The Morgan fingerprint density at radius 1 is 1.10 bits per heavy atom. The first kappa shape index (κ1) is 28.4. The molecule has 40 heavy (non-hydrogen) atoms. The first-order chi connectivity index (χ1) is 19.5. The number of ether oxygens (including phenoxy) is 3. The van der Waals surface area contributed by atoms with Crippen LogP contribution >= 0.6 is 0 Å². The third-order valence-corrected chi connectivity index (χ3v) is 6.50. The van der Waals surface area contributed by atoms with Crippen LogP contribution in [-0.4, -0.2) is 49.9 Å². The number of azide groups is 1. The number of hydrogen-bond acceptors (Lipinski definition) is 8. The summed E-state index contributed by atoms with van der Waals surface area (Å²) < 4.78 is 17.6. The summed E-state index contributed by atoms with van der Waals surface area (Å²) in [5, 5.41) is 12.7. The molecule has 208 valence electrons. The zero-order valence-corrected chi connectivity index (χ0v) is 22.3. The number of hydroxylamine groups is 1. The maximum Gasteiger partial charge on any atom is 0.276 e. The van der Waals surface area contributed by atoms with E-state index in [0.29, 0.717) is 35.7 Å². The highest BCUT2D eigenvalue weighted by Gasteiger charge is 2.54. The maximum atomic E-state index is 13.8. The molecule has 0 spiro atoms. The van der Waals surface area contributed by atoms with Gasteiger partial charge in [0, 0.05) is 29.9 Å². The molecule has 0 aliphatic carbocycles. The minimum atomic E-state index is -1.49. The van der Waals surface area contributed by atoms with Gasteiger partial charge in [0.2, 0.25) is 5.90 Å². The summed E-state index contributed by atoms with van der Waals surface area (Å²) in [5.74, 6) is 1.01. The van der Waals surface area contributed by atoms with E-state index in [4.69, 9.17) is 34.7 Å². The second-order valence-electron chi connectivity index (χ2n) is 9.04. The number of aliphatic imine (C=N–C) groups is 1. The Morgan fingerprint density at radius 3 is 2.58 bits per heavy atom. The number of carbonyl (C=O) groups is 1. The zero-order valence-electron chi connectivity index (χ0n) is 22.3. The number of hydrogen-bond donors (Lipinski definition) is 2. The first-order valence-corrected chi connectivity index (χ1v) is 12.7. The fraction of sp³-hybridized carbons (Fsp3) is 0.310. The average Bonchev–Trinajstić information content (AvgIpc) is 3.38. The van der Waals surface area contributed by atoms with Gasteiger partial charge in [-0.15, -0.1) is 0 Å². The number of carbonyl (C=O) groups excluding carboxylic acids is 1. The number of aliphatic hydroxyl groups is 1. The van der Waals surface area contributed by atoms with Crippen molar-refractivity contribution in [3.63, 3.8) is 0 Å². The monoisotopic (exact) mass is 545 g/mol. The van der Waals surface area contributed by atoms with Gasteiger partial charge in [0.15, 0.2) is 11.6 Å². The van der Waals surface area contributed by atoms with Crippen LogP contribution in [-0.2, 0) is 27.3 Å². The van der Waals surface area contributed by atoms with E-state index in [1.54, 1.807) is 31.4 Å². The molecule has 0 aromatic heterocycles. The lowest BCUT2D eigenvalue weighted by Crippen LogP contribution is -2.49. The molecule has 1 aliphatic heterocycles. The maximum absolute atomic E-state index is 13.8. The average molecular weight is 546 g/mol. The Morgan fingerprint density at radius 2 is 1.88 bits per heavy atom. The lowest BCUT2D eigenvalue weighted by Gasteiger charge is -2.31. The second kappa shape index (κ2) is 13.5. The van der Waals surface area contributed by atoms with E-state index in [2.05, 4.69) is 15.5 Å². The molecule has 0 unspecified atom stereocenters. The van der Waals surface area contributed by atoms with Crippen molar-refractivity contribution in [3.05, 3.63) is 105 Å². The lowest BCUT2D eigenvalue weighted by molar-refractivity contribution is -0.139. The molecule has 2 atom stereocenters. The highest BCUT2D eigenvalue weighted by atomic mass is 16.6. The van der Waals surface area contributed by atoms with E-state index in [1.807, 2.05) is 48.5 Å². The highest BCUT2D eigenvalue weighted by molar-refractivity contribution is 6.01.